The molecule has 106 valence electrons. The highest BCUT2D eigenvalue weighted by molar-refractivity contribution is 6.99. The second-order valence-electron chi connectivity index (χ2n) is 5.95. The van der Waals surface area contributed by atoms with Gasteiger partial charge in [0, 0.05) is 13.1 Å². The average molecular weight is 279 g/mol. The molecule has 2 rings (SSSR count). The van der Waals surface area contributed by atoms with Crippen LogP contribution in [0.4, 0.5) is 0 Å². The van der Waals surface area contributed by atoms with Crippen LogP contribution in [0.3, 0.4) is 0 Å². The van der Waals surface area contributed by atoms with Gasteiger partial charge in [0.05, 0.1) is 17.4 Å². The zero-order chi connectivity index (χ0) is 13.7. The first-order valence-corrected chi connectivity index (χ1v) is 8.09. The molecule has 4 heteroatoms. The molecule has 0 amide bonds. The first kappa shape index (κ1) is 14.7. The summed E-state index contributed by atoms with van der Waals surface area (Å²) in [5.74, 6) is 0.808. The molecule has 0 N–H and O–H groups in total. The third-order valence-corrected chi connectivity index (χ3v) is 4.21. The van der Waals surface area contributed by atoms with E-state index < -0.39 is 0 Å². The zero-order valence-corrected chi connectivity index (χ0v) is 13.2. The minimum absolute atomic E-state index is 0.808. The molecule has 0 unspecified atom stereocenters. The van der Waals surface area contributed by atoms with E-state index in [-0.39, 0.29) is 0 Å². The van der Waals surface area contributed by atoms with Crippen LogP contribution in [0.1, 0.15) is 50.9 Å². The van der Waals surface area contributed by atoms with Crippen LogP contribution >= 0.6 is 11.7 Å². The van der Waals surface area contributed by atoms with Crippen molar-refractivity contribution in [2.75, 3.05) is 20.1 Å². The summed E-state index contributed by atoms with van der Waals surface area (Å²) in [5, 5.41) is 0. The van der Waals surface area contributed by atoms with Crippen LogP contribution in [0, 0.1) is 5.92 Å². The standard InChI is InChI=1S/C15H25N3S/c1-12(2)7-4-5-9-14-15(17-19-16-14)13-8-6-10-18(3)11-13/h8,12H,4-7,9-11H2,1-3H3. The van der Waals surface area contributed by atoms with E-state index in [9.17, 15) is 0 Å². The Kier molecular flexibility index (Phi) is 5.52. The summed E-state index contributed by atoms with van der Waals surface area (Å²) < 4.78 is 9.03. The van der Waals surface area contributed by atoms with Crippen LogP contribution in [-0.4, -0.2) is 33.8 Å². The van der Waals surface area contributed by atoms with Gasteiger partial charge in [0.1, 0.15) is 5.69 Å². The van der Waals surface area contributed by atoms with Gasteiger partial charge in [-0.1, -0.05) is 32.8 Å². The van der Waals surface area contributed by atoms with Crippen molar-refractivity contribution in [2.45, 2.75) is 46.0 Å². The molecule has 0 saturated heterocycles. The molecular formula is C15H25N3S. The van der Waals surface area contributed by atoms with Crippen LogP contribution in [0.5, 0.6) is 0 Å². The third-order valence-electron chi connectivity index (χ3n) is 3.65. The lowest BCUT2D eigenvalue weighted by Crippen LogP contribution is -2.25. The lowest BCUT2D eigenvalue weighted by molar-refractivity contribution is 0.372. The first-order valence-electron chi connectivity index (χ1n) is 7.36. The molecular weight excluding hydrogens is 254 g/mol. The number of aromatic nitrogens is 2. The van der Waals surface area contributed by atoms with Crippen LogP contribution in [-0.2, 0) is 6.42 Å². The molecule has 0 radical (unpaired) electrons. The first-order chi connectivity index (χ1) is 9.16. The molecule has 0 aliphatic carbocycles. The van der Waals surface area contributed by atoms with Crippen LogP contribution in [0.2, 0.25) is 0 Å². The topological polar surface area (TPSA) is 29.0 Å². The molecule has 0 spiro atoms. The van der Waals surface area contributed by atoms with Crippen molar-refractivity contribution in [3.8, 4) is 0 Å². The van der Waals surface area contributed by atoms with E-state index in [0.717, 1.165) is 31.8 Å². The predicted octanol–water partition coefficient (Wildman–Crippen LogP) is 3.63. The summed E-state index contributed by atoms with van der Waals surface area (Å²) in [5.41, 5.74) is 3.76. The highest BCUT2D eigenvalue weighted by Gasteiger charge is 2.16. The van der Waals surface area contributed by atoms with Crippen molar-refractivity contribution < 1.29 is 0 Å². The number of hydrogen-bond donors (Lipinski definition) is 0. The number of nitrogens with zero attached hydrogens (tertiary/aromatic N) is 3. The SMILES string of the molecule is CC(C)CCCCc1nsnc1C1=CCCN(C)C1. The summed E-state index contributed by atoms with van der Waals surface area (Å²) in [6, 6.07) is 0. The Morgan fingerprint density at radius 1 is 1.32 bits per heavy atom. The molecule has 1 aromatic heterocycles. The minimum Gasteiger partial charge on any atom is -0.302 e. The van der Waals surface area contributed by atoms with E-state index in [1.54, 1.807) is 0 Å². The fraction of sp³-hybridized carbons (Fsp3) is 0.733. The van der Waals surface area contributed by atoms with Gasteiger partial charge in [0.15, 0.2) is 0 Å². The minimum atomic E-state index is 0.808. The molecule has 1 aromatic rings. The van der Waals surface area contributed by atoms with Crippen LogP contribution in [0.15, 0.2) is 6.08 Å². The average Bonchev–Trinajstić information content (AvgIpc) is 2.83. The van der Waals surface area contributed by atoms with E-state index in [4.69, 9.17) is 0 Å². The van der Waals surface area contributed by atoms with Gasteiger partial charge in [-0.05, 0) is 37.8 Å². The van der Waals surface area contributed by atoms with Crippen molar-refractivity contribution in [2.24, 2.45) is 5.92 Å². The molecule has 0 atom stereocenters. The Hall–Kier alpha value is -0.740. The van der Waals surface area contributed by atoms with Gasteiger partial charge >= 0.3 is 0 Å². The van der Waals surface area contributed by atoms with Gasteiger partial charge in [0.25, 0.3) is 0 Å². The van der Waals surface area contributed by atoms with Gasteiger partial charge in [-0.15, -0.1) is 0 Å². The Bertz CT molecular complexity index is 423. The molecule has 0 saturated carbocycles. The van der Waals surface area contributed by atoms with Crippen molar-refractivity contribution in [3.63, 3.8) is 0 Å². The van der Waals surface area contributed by atoms with Gasteiger partial charge in [0.2, 0.25) is 0 Å². The van der Waals surface area contributed by atoms with E-state index >= 15 is 0 Å². The van der Waals surface area contributed by atoms with E-state index in [0.29, 0.717) is 0 Å². The van der Waals surface area contributed by atoms with Crippen molar-refractivity contribution in [3.05, 3.63) is 17.5 Å². The summed E-state index contributed by atoms with van der Waals surface area (Å²) >= 11 is 1.37. The maximum atomic E-state index is 4.52. The summed E-state index contributed by atoms with van der Waals surface area (Å²) in [7, 11) is 2.18. The normalized spacial score (nSPS) is 16.9. The lowest BCUT2D eigenvalue weighted by Gasteiger charge is -2.22. The van der Waals surface area contributed by atoms with Gasteiger partial charge in [-0.25, -0.2) is 0 Å². The molecule has 2 heterocycles. The lowest BCUT2D eigenvalue weighted by atomic mass is 10.0. The highest BCUT2D eigenvalue weighted by atomic mass is 32.1. The van der Waals surface area contributed by atoms with E-state index in [2.05, 4.69) is 40.6 Å². The molecule has 0 bridgehead atoms. The Morgan fingerprint density at radius 3 is 2.89 bits per heavy atom. The largest absolute Gasteiger partial charge is 0.302 e. The maximum absolute atomic E-state index is 4.52. The summed E-state index contributed by atoms with van der Waals surface area (Å²) in [6.07, 6.45) is 8.41. The van der Waals surface area contributed by atoms with Crippen LogP contribution in [0.25, 0.3) is 5.57 Å². The van der Waals surface area contributed by atoms with Gasteiger partial charge in [-0.3, -0.25) is 0 Å². The van der Waals surface area contributed by atoms with Gasteiger partial charge in [-0.2, -0.15) is 8.75 Å². The maximum Gasteiger partial charge on any atom is 0.104 e. The van der Waals surface area contributed by atoms with Gasteiger partial charge < -0.3 is 4.90 Å². The second kappa shape index (κ2) is 7.15. The molecule has 0 aromatic carbocycles. The fourth-order valence-corrected chi connectivity index (χ4v) is 3.15. The Morgan fingerprint density at radius 2 is 2.16 bits per heavy atom. The smallest absolute Gasteiger partial charge is 0.104 e. The number of hydrogen-bond acceptors (Lipinski definition) is 4. The predicted molar refractivity (Wildman–Crippen MR) is 82.4 cm³/mol. The number of aryl methyl sites for hydroxylation is 1. The fourth-order valence-electron chi connectivity index (χ4n) is 2.52. The van der Waals surface area contributed by atoms with Crippen molar-refractivity contribution in [1.82, 2.24) is 13.6 Å². The second-order valence-corrected chi connectivity index (χ2v) is 6.48. The Balaban J connectivity index is 1.92. The molecule has 19 heavy (non-hydrogen) atoms. The summed E-state index contributed by atoms with van der Waals surface area (Å²) in [6.45, 7) is 6.76. The zero-order valence-electron chi connectivity index (χ0n) is 12.4. The molecule has 0 fully saturated rings. The van der Waals surface area contributed by atoms with Crippen molar-refractivity contribution in [1.29, 1.82) is 0 Å². The molecule has 1 aliphatic rings. The number of rotatable bonds is 6. The van der Waals surface area contributed by atoms with E-state index in [1.807, 2.05) is 0 Å². The number of unbranched alkanes of at least 4 members (excludes halogenated alkanes) is 1. The molecule has 1 aliphatic heterocycles. The highest BCUT2D eigenvalue weighted by Crippen LogP contribution is 2.23. The number of likely N-dealkylation sites (N-methyl/N-ethyl adjacent to an activating group) is 1. The van der Waals surface area contributed by atoms with Crippen molar-refractivity contribution >= 4 is 17.3 Å². The quantitative estimate of drug-likeness (QED) is 0.745. The monoisotopic (exact) mass is 279 g/mol. The van der Waals surface area contributed by atoms with Crippen LogP contribution < -0.4 is 0 Å². The third kappa shape index (κ3) is 4.39. The van der Waals surface area contributed by atoms with E-state index in [1.165, 1.54) is 48.0 Å². The molecule has 3 nitrogen and oxygen atoms in total. The summed E-state index contributed by atoms with van der Waals surface area (Å²) in [4.78, 5) is 2.36. The Labute approximate surface area is 121 Å².